The maximum atomic E-state index is 13.2. The Labute approximate surface area is 208 Å². The number of nitrogen functional groups attached to an aromatic ring is 1. The highest BCUT2D eigenvalue weighted by atomic mass is 16.1. The molecule has 0 saturated carbocycles. The molecular weight excluding hydrogens is 436 g/mol. The van der Waals surface area contributed by atoms with Crippen molar-refractivity contribution in [2.45, 2.75) is 39.5 Å². The predicted molar refractivity (Wildman–Crippen MR) is 146 cm³/mol. The third-order valence-corrected chi connectivity index (χ3v) is 6.58. The van der Waals surface area contributed by atoms with Crippen LogP contribution in [0.25, 0.3) is 10.9 Å². The highest BCUT2D eigenvalue weighted by molar-refractivity contribution is 6.07. The predicted octanol–water partition coefficient (Wildman–Crippen LogP) is 3.98. The molecule has 1 aliphatic carbocycles. The molecule has 0 aliphatic heterocycles. The zero-order valence-corrected chi connectivity index (χ0v) is 21.2. The second kappa shape index (κ2) is 12.4. The van der Waals surface area contributed by atoms with E-state index in [9.17, 15) is 4.79 Å². The number of benzene rings is 1. The van der Waals surface area contributed by atoms with Crippen molar-refractivity contribution in [3.05, 3.63) is 70.6 Å². The van der Waals surface area contributed by atoms with Gasteiger partial charge in [0.15, 0.2) is 0 Å². The smallest absolute Gasteiger partial charge is 0.274 e. The molecule has 0 spiro atoms. The van der Waals surface area contributed by atoms with Crippen molar-refractivity contribution < 1.29 is 4.79 Å². The number of aryl methyl sites for hydroxylation is 1. The molecule has 3 rings (SSSR count). The lowest BCUT2D eigenvalue weighted by atomic mass is 9.86. The number of allylic oxidation sites excluding steroid dienone is 2. The number of carbonyl (C=O) groups is 1. The Morgan fingerprint density at radius 2 is 2.03 bits per heavy atom. The van der Waals surface area contributed by atoms with Crippen LogP contribution in [0.4, 0.5) is 5.69 Å². The van der Waals surface area contributed by atoms with Gasteiger partial charge in [0.25, 0.3) is 5.91 Å². The van der Waals surface area contributed by atoms with Gasteiger partial charge in [0, 0.05) is 48.7 Å². The summed E-state index contributed by atoms with van der Waals surface area (Å²) in [5.74, 6) is -0.219. The maximum Gasteiger partial charge on any atom is 0.274 e. The van der Waals surface area contributed by atoms with Crippen LogP contribution < -0.4 is 16.4 Å². The zero-order chi connectivity index (χ0) is 25.4. The van der Waals surface area contributed by atoms with E-state index < -0.39 is 0 Å². The van der Waals surface area contributed by atoms with Crippen LogP contribution in [0.2, 0.25) is 0 Å². The fraction of sp³-hybridized carbons (Fsp3) is 0.393. The molecule has 5 N–H and O–H groups in total. The summed E-state index contributed by atoms with van der Waals surface area (Å²) in [5.41, 5.74) is 12.8. The number of anilines is 1. The molecule has 0 saturated heterocycles. The minimum atomic E-state index is -0.219. The number of pyridine rings is 1. The molecule has 186 valence electrons. The molecule has 0 bridgehead atoms. The monoisotopic (exact) mass is 474 g/mol. The fourth-order valence-electron chi connectivity index (χ4n) is 4.55. The van der Waals surface area contributed by atoms with E-state index in [1.165, 1.54) is 6.21 Å². The molecule has 0 radical (unpaired) electrons. The Bertz CT molecular complexity index is 1160. The summed E-state index contributed by atoms with van der Waals surface area (Å²) in [5, 5.41) is 14.8. The summed E-state index contributed by atoms with van der Waals surface area (Å²) in [6.07, 6.45) is 10.6. The Balaban J connectivity index is 1.84. The lowest BCUT2D eigenvalue weighted by molar-refractivity contribution is 0.0964. The summed E-state index contributed by atoms with van der Waals surface area (Å²) in [7, 11) is 1.96. The van der Waals surface area contributed by atoms with Gasteiger partial charge in [-0.1, -0.05) is 25.2 Å². The van der Waals surface area contributed by atoms with Crippen LogP contribution in [-0.2, 0) is 12.8 Å². The molecular formula is C28H38N6O. The minimum Gasteiger partial charge on any atom is -0.398 e. The number of nitrogens with one attached hydrogen (secondary N) is 3. The van der Waals surface area contributed by atoms with Crippen molar-refractivity contribution in [3.8, 4) is 0 Å². The molecule has 7 nitrogen and oxygen atoms in total. The van der Waals surface area contributed by atoms with Crippen LogP contribution >= 0.6 is 0 Å². The van der Waals surface area contributed by atoms with Crippen LogP contribution in [-0.4, -0.2) is 55.2 Å². The summed E-state index contributed by atoms with van der Waals surface area (Å²) in [6.45, 7) is 11.9. The minimum absolute atomic E-state index is 0.219. The molecule has 1 amide bonds. The fourth-order valence-corrected chi connectivity index (χ4v) is 4.55. The van der Waals surface area contributed by atoms with E-state index in [0.717, 1.165) is 79.5 Å². The zero-order valence-electron chi connectivity index (χ0n) is 21.2. The SMILES string of the molecule is C=C(C)/C(=C\C=C\NC(=O)c1nc2ccc(N)c(C=N)c2c2c1CCCC2)CN(CC)CCNC. The van der Waals surface area contributed by atoms with Gasteiger partial charge in [-0.15, -0.1) is 0 Å². The van der Waals surface area contributed by atoms with E-state index in [-0.39, 0.29) is 5.91 Å². The number of amides is 1. The first-order valence-corrected chi connectivity index (χ1v) is 12.3. The van der Waals surface area contributed by atoms with Gasteiger partial charge >= 0.3 is 0 Å². The number of nitrogens with zero attached hydrogens (tertiary/aromatic N) is 2. The largest absolute Gasteiger partial charge is 0.398 e. The number of likely N-dealkylation sites (N-methyl/N-ethyl adjacent to an activating group) is 2. The second-order valence-corrected chi connectivity index (χ2v) is 9.01. The van der Waals surface area contributed by atoms with Gasteiger partial charge in [-0.05, 0) is 81.1 Å². The number of hydrogen-bond acceptors (Lipinski definition) is 6. The van der Waals surface area contributed by atoms with Crippen LogP contribution in [0.3, 0.4) is 0 Å². The van der Waals surface area contributed by atoms with Crippen molar-refractivity contribution in [1.29, 1.82) is 5.41 Å². The van der Waals surface area contributed by atoms with Gasteiger partial charge in [-0.2, -0.15) is 0 Å². The average molecular weight is 475 g/mol. The second-order valence-electron chi connectivity index (χ2n) is 9.01. The molecule has 0 atom stereocenters. The quantitative estimate of drug-likeness (QED) is 0.224. The third kappa shape index (κ3) is 6.24. The molecule has 1 aliphatic rings. The van der Waals surface area contributed by atoms with E-state index in [1.807, 2.05) is 32.2 Å². The van der Waals surface area contributed by atoms with Crippen molar-refractivity contribution in [2.75, 3.05) is 39.0 Å². The van der Waals surface area contributed by atoms with Crippen LogP contribution in [0.1, 0.15) is 53.9 Å². The Morgan fingerprint density at radius 3 is 2.69 bits per heavy atom. The van der Waals surface area contributed by atoms with Gasteiger partial charge < -0.3 is 21.8 Å². The number of nitrogens with two attached hydrogens (primary N) is 1. The highest BCUT2D eigenvalue weighted by Gasteiger charge is 2.23. The molecule has 1 aromatic heterocycles. The lowest BCUT2D eigenvalue weighted by Crippen LogP contribution is -2.32. The van der Waals surface area contributed by atoms with E-state index in [2.05, 4.69) is 29.0 Å². The highest BCUT2D eigenvalue weighted by Crippen LogP contribution is 2.33. The molecule has 1 aromatic carbocycles. The topological polar surface area (TPSA) is 107 Å². The van der Waals surface area contributed by atoms with Gasteiger partial charge in [0.2, 0.25) is 0 Å². The average Bonchev–Trinajstić information content (AvgIpc) is 2.86. The lowest BCUT2D eigenvalue weighted by Gasteiger charge is -2.22. The van der Waals surface area contributed by atoms with Gasteiger partial charge in [0.05, 0.1) is 5.52 Å². The first-order chi connectivity index (χ1) is 16.9. The van der Waals surface area contributed by atoms with Crippen molar-refractivity contribution in [3.63, 3.8) is 0 Å². The van der Waals surface area contributed by atoms with Gasteiger partial charge in [-0.3, -0.25) is 9.69 Å². The van der Waals surface area contributed by atoms with Crippen LogP contribution in [0.5, 0.6) is 0 Å². The van der Waals surface area contributed by atoms with E-state index >= 15 is 0 Å². The van der Waals surface area contributed by atoms with Crippen LogP contribution in [0.15, 0.2) is 48.2 Å². The van der Waals surface area contributed by atoms with E-state index in [0.29, 0.717) is 22.5 Å². The van der Waals surface area contributed by atoms with E-state index in [1.54, 1.807) is 12.3 Å². The first kappa shape index (κ1) is 26.3. The normalized spacial score (nSPS) is 13.9. The summed E-state index contributed by atoms with van der Waals surface area (Å²) < 4.78 is 0. The Morgan fingerprint density at radius 1 is 1.29 bits per heavy atom. The van der Waals surface area contributed by atoms with Gasteiger partial charge in [0.1, 0.15) is 5.69 Å². The number of fused-ring (bicyclic) bond motifs is 3. The Kier molecular flexibility index (Phi) is 9.34. The van der Waals surface area contributed by atoms with Crippen LogP contribution in [0, 0.1) is 5.41 Å². The van der Waals surface area contributed by atoms with Crippen molar-refractivity contribution in [1.82, 2.24) is 20.5 Å². The Hall–Kier alpha value is -3.29. The maximum absolute atomic E-state index is 13.2. The van der Waals surface area contributed by atoms with Crippen molar-refractivity contribution in [2.24, 2.45) is 0 Å². The van der Waals surface area contributed by atoms with E-state index in [4.69, 9.17) is 16.1 Å². The molecule has 2 aromatic rings. The number of carbonyl (C=O) groups excluding carboxylic acids is 1. The summed E-state index contributed by atoms with van der Waals surface area (Å²) in [4.78, 5) is 20.2. The van der Waals surface area contributed by atoms with Crippen molar-refractivity contribution >= 4 is 28.7 Å². The van der Waals surface area contributed by atoms with Gasteiger partial charge in [-0.25, -0.2) is 4.98 Å². The molecule has 1 heterocycles. The summed E-state index contributed by atoms with van der Waals surface area (Å²) >= 11 is 0. The first-order valence-electron chi connectivity index (χ1n) is 12.3. The standard InChI is InChI=1S/C28H38N6O/c1-5-34(16-15-31-4)18-20(19(2)3)9-8-14-32-28(35)27-22-11-7-6-10-21(22)26-23(17-29)24(30)12-13-25(26)33-27/h8-9,12-14,17,29,31H,2,5-7,10-11,15-16,18,30H2,1,3-4H3,(H,32,35)/b14-8+,20-9-,29-17?. The molecule has 7 heteroatoms. The third-order valence-electron chi connectivity index (χ3n) is 6.58. The molecule has 0 unspecified atom stereocenters. The number of aromatic nitrogens is 1. The molecule has 35 heavy (non-hydrogen) atoms. The summed E-state index contributed by atoms with van der Waals surface area (Å²) in [6, 6.07) is 3.60. The number of rotatable bonds is 11. The molecule has 0 fully saturated rings. The number of hydrogen-bond donors (Lipinski definition) is 4.